The molecule has 1 aromatic heterocycles. The molecule has 0 fully saturated rings. The van der Waals surface area contributed by atoms with Crippen molar-refractivity contribution >= 4 is 11.6 Å². The zero-order valence-electron chi connectivity index (χ0n) is 12.4. The SMILES string of the molecule is CC(C)c1ccc(NC(=O)C(C)n2ncccc2=O)cc1. The third-order valence-corrected chi connectivity index (χ3v) is 3.33. The molecule has 0 spiro atoms. The minimum absolute atomic E-state index is 0.270. The maximum absolute atomic E-state index is 12.2. The lowest BCUT2D eigenvalue weighted by atomic mass is 10.0. The molecule has 2 rings (SSSR count). The van der Waals surface area contributed by atoms with E-state index in [-0.39, 0.29) is 11.5 Å². The van der Waals surface area contributed by atoms with Crippen molar-refractivity contribution in [3.05, 3.63) is 58.5 Å². The second-order valence-electron chi connectivity index (χ2n) is 5.25. The van der Waals surface area contributed by atoms with Crippen LogP contribution in [0.5, 0.6) is 0 Å². The highest BCUT2D eigenvalue weighted by Crippen LogP contribution is 2.17. The van der Waals surface area contributed by atoms with Crippen molar-refractivity contribution in [1.82, 2.24) is 9.78 Å². The second-order valence-corrected chi connectivity index (χ2v) is 5.25. The zero-order chi connectivity index (χ0) is 15.4. The van der Waals surface area contributed by atoms with Crippen molar-refractivity contribution in [2.75, 3.05) is 5.32 Å². The van der Waals surface area contributed by atoms with Crippen LogP contribution in [0.15, 0.2) is 47.4 Å². The maximum Gasteiger partial charge on any atom is 0.267 e. The molecule has 0 aliphatic carbocycles. The molecule has 1 N–H and O–H groups in total. The van der Waals surface area contributed by atoms with Gasteiger partial charge in [-0.15, -0.1) is 0 Å². The van der Waals surface area contributed by atoms with Gasteiger partial charge in [-0.1, -0.05) is 26.0 Å². The topological polar surface area (TPSA) is 64.0 Å². The van der Waals surface area contributed by atoms with Gasteiger partial charge in [-0.2, -0.15) is 5.10 Å². The molecule has 0 aliphatic heterocycles. The van der Waals surface area contributed by atoms with Crippen LogP contribution >= 0.6 is 0 Å². The first-order valence-corrected chi connectivity index (χ1v) is 6.93. The highest BCUT2D eigenvalue weighted by atomic mass is 16.2. The molecule has 5 heteroatoms. The van der Waals surface area contributed by atoms with Crippen LogP contribution in [0.3, 0.4) is 0 Å². The monoisotopic (exact) mass is 285 g/mol. The third-order valence-electron chi connectivity index (χ3n) is 3.33. The number of rotatable bonds is 4. The molecule has 0 bridgehead atoms. The normalized spacial score (nSPS) is 12.2. The third kappa shape index (κ3) is 3.56. The molecule has 110 valence electrons. The van der Waals surface area contributed by atoms with Gasteiger partial charge in [0.2, 0.25) is 5.91 Å². The van der Waals surface area contributed by atoms with E-state index >= 15 is 0 Å². The molecule has 1 atom stereocenters. The van der Waals surface area contributed by atoms with Gasteiger partial charge in [-0.25, -0.2) is 4.68 Å². The number of benzene rings is 1. The lowest BCUT2D eigenvalue weighted by Gasteiger charge is -2.14. The number of carbonyl (C=O) groups is 1. The van der Waals surface area contributed by atoms with Crippen LogP contribution in [0.25, 0.3) is 0 Å². The Morgan fingerprint density at radius 2 is 1.81 bits per heavy atom. The van der Waals surface area contributed by atoms with Crippen molar-refractivity contribution in [2.24, 2.45) is 0 Å². The summed E-state index contributed by atoms with van der Waals surface area (Å²) in [5.74, 6) is 0.175. The summed E-state index contributed by atoms with van der Waals surface area (Å²) < 4.78 is 1.16. The molecule has 1 amide bonds. The maximum atomic E-state index is 12.2. The Bertz CT molecular complexity index is 674. The van der Waals surface area contributed by atoms with Crippen LogP contribution in [0, 0.1) is 0 Å². The molecule has 5 nitrogen and oxygen atoms in total. The Morgan fingerprint density at radius 3 is 2.38 bits per heavy atom. The predicted molar refractivity (Wildman–Crippen MR) is 82.4 cm³/mol. The van der Waals surface area contributed by atoms with Gasteiger partial charge in [0.15, 0.2) is 0 Å². The zero-order valence-corrected chi connectivity index (χ0v) is 12.4. The van der Waals surface area contributed by atoms with Gasteiger partial charge in [-0.3, -0.25) is 9.59 Å². The Kier molecular flexibility index (Phi) is 4.52. The van der Waals surface area contributed by atoms with Gasteiger partial charge in [-0.05, 0) is 36.6 Å². The van der Waals surface area contributed by atoms with E-state index in [1.54, 1.807) is 13.0 Å². The lowest BCUT2D eigenvalue weighted by molar-refractivity contribution is -0.119. The first kappa shape index (κ1) is 15.0. The average Bonchev–Trinajstić information content (AvgIpc) is 2.47. The standard InChI is InChI=1S/C16H19N3O2/c1-11(2)13-6-8-14(9-7-13)18-16(21)12(3)19-15(20)5-4-10-17-19/h4-12H,1-3H3,(H,18,21). The first-order chi connectivity index (χ1) is 9.99. The van der Waals surface area contributed by atoms with E-state index in [9.17, 15) is 9.59 Å². The first-order valence-electron chi connectivity index (χ1n) is 6.93. The van der Waals surface area contributed by atoms with Crippen LogP contribution in [-0.2, 0) is 4.79 Å². The van der Waals surface area contributed by atoms with Gasteiger partial charge < -0.3 is 5.32 Å². The molecule has 21 heavy (non-hydrogen) atoms. The predicted octanol–water partition coefficient (Wildman–Crippen LogP) is 2.57. The van der Waals surface area contributed by atoms with Crippen molar-refractivity contribution < 1.29 is 4.79 Å². The van der Waals surface area contributed by atoms with Crippen LogP contribution in [0.4, 0.5) is 5.69 Å². The summed E-state index contributed by atoms with van der Waals surface area (Å²) in [5.41, 5.74) is 1.62. The van der Waals surface area contributed by atoms with E-state index < -0.39 is 6.04 Å². The molecule has 1 aromatic carbocycles. The molecular formula is C16H19N3O2. The van der Waals surface area contributed by atoms with E-state index in [0.29, 0.717) is 11.6 Å². The molecule has 0 saturated heterocycles. The fourth-order valence-electron chi connectivity index (χ4n) is 1.97. The summed E-state index contributed by atoms with van der Waals surface area (Å²) in [4.78, 5) is 23.8. The van der Waals surface area contributed by atoms with Crippen LogP contribution in [0.2, 0.25) is 0 Å². The summed E-state index contributed by atoms with van der Waals surface area (Å²) in [6.07, 6.45) is 1.49. The van der Waals surface area contributed by atoms with Crippen molar-refractivity contribution in [3.8, 4) is 0 Å². The summed E-state index contributed by atoms with van der Waals surface area (Å²) in [6.45, 7) is 5.87. The Balaban J connectivity index is 2.11. The molecule has 2 aromatic rings. The number of nitrogens with one attached hydrogen (secondary N) is 1. The van der Waals surface area contributed by atoms with E-state index in [2.05, 4.69) is 24.3 Å². The van der Waals surface area contributed by atoms with Gasteiger partial charge in [0, 0.05) is 18.0 Å². The number of hydrogen-bond donors (Lipinski definition) is 1. The highest BCUT2D eigenvalue weighted by Gasteiger charge is 2.16. The summed E-state index contributed by atoms with van der Waals surface area (Å²) in [6, 6.07) is 9.96. The number of anilines is 1. The van der Waals surface area contributed by atoms with Crippen molar-refractivity contribution in [2.45, 2.75) is 32.7 Å². The van der Waals surface area contributed by atoms with E-state index in [1.165, 1.54) is 17.8 Å². The van der Waals surface area contributed by atoms with Crippen molar-refractivity contribution in [1.29, 1.82) is 0 Å². The van der Waals surface area contributed by atoms with Gasteiger partial charge >= 0.3 is 0 Å². The molecule has 1 heterocycles. The summed E-state index contributed by atoms with van der Waals surface area (Å²) >= 11 is 0. The van der Waals surface area contributed by atoms with Crippen LogP contribution < -0.4 is 10.9 Å². The molecule has 1 unspecified atom stereocenters. The number of aromatic nitrogens is 2. The highest BCUT2D eigenvalue weighted by molar-refractivity contribution is 5.93. The van der Waals surface area contributed by atoms with E-state index in [4.69, 9.17) is 0 Å². The fraction of sp³-hybridized carbons (Fsp3) is 0.312. The number of hydrogen-bond acceptors (Lipinski definition) is 3. The minimum Gasteiger partial charge on any atom is -0.324 e. The summed E-state index contributed by atoms with van der Waals surface area (Å²) in [7, 11) is 0. The Morgan fingerprint density at radius 1 is 1.14 bits per heavy atom. The van der Waals surface area contributed by atoms with E-state index in [1.807, 2.05) is 24.3 Å². The molecule has 0 saturated carbocycles. The molecular weight excluding hydrogens is 266 g/mol. The number of carbonyl (C=O) groups excluding carboxylic acids is 1. The number of nitrogens with zero attached hydrogens (tertiary/aromatic N) is 2. The fourth-order valence-corrected chi connectivity index (χ4v) is 1.97. The lowest BCUT2D eigenvalue weighted by Crippen LogP contribution is -2.32. The van der Waals surface area contributed by atoms with E-state index in [0.717, 1.165) is 4.68 Å². The van der Waals surface area contributed by atoms with Gasteiger partial charge in [0.25, 0.3) is 5.56 Å². The van der Waals surface area contributed by atoms with Crippen LogP contribution in [-0.4, -0.2) is 15.7 Å². The van der Waals surface area contributed by atoms with Gasteiger partial charge in [0.1, 0.15) is 6.04 Å². The average molecular weight is 285 g/mol. The summed E-state index contributed by atoms with van der Waals surface area (Å²) in [5, 5.41) is 6.72. The molecule has 0 aliphatic rings. The minimum atomic E-state index is -0.663. The van der Waals surface area contributed by atoms with Crippen LogP contribution in [0.1, 0.15) is 38.3 Å². The number of amides is 1. The Hall–Kier alpha value is -2.43. The van der Waals surface area contributed by atoms with Gasteiger partial charge in [0.05, 0.1) is 0 Å². The smallest absolute Gasteiger partial charge is 0.267 e. The van der Waals surface area contributed by atoms with Crippen molar-refractivity contribution in [3.63, 3.8) is 0 Å². The Labute approximate surface area is 123 Å². The quantitative estimate of drug-likeness (QED) is 0.939. The largest absolute Gasteiger partial charge is 0.324 e. The second kappa shape index (κ2) is 6.35. The molecule has 0 radical (unpaired) electrons.